The van der Waals surface area contributed by atoms with Gasteiger partial charge in [-0.2, -0.15) is 0 Å². The number of carbonyl (C=O) groups excluding carboxylic acids is 3. The molecule has 0 atom stereocenters. The zero-order valence-corrected chi connectivity index (χ0v) is 18.9. The number of halogens is 1. The monoisotopic (exact) mass is 472 g/mol. The molecule has 9 heteroatoms. The molecule has 0 aliphatic carbocycles. The standard InChI is InChI=1S/C25H25FO8/c1-16(2)24(28)32-11-9-30-22-8-5-18(20-7-6-19(34-15-27)14-21(20)26)13-23(22)31-10-12-33-25(29)17(3)4/h5-8,13-15H,1,3,9-12H2,2,4H3. The van der Waals surface area contributed by atoms with Gasteiger partial charge in [0.2, 0.25) is 0 Å². The highest BCUT2D eigenvalue weighted by atomic mass is 19.1. The van der Waals surface area contributed by atoms with Gasteiger partial charge >= 0.3 is 11.9 Å². The highest BCUT2D eigenvalue weighted by Gasteiger charge is 2.13. The van der Waals surface area contributed by atoms with Crippen LogP contribution in [0.15, 0.2) is 60.7 Å². The molecule has 0 aromatic heterocycles. The van der Waals surface area contributed by atoms with Crippen molar-refractivity contribution in [1.29, 1.82) is 0 Å². The second-order valence-corrected chi connectivity index (χ2v) is 7.05. The Hall–Kier alpha value is -4.14. The summed E-state index contributed by atoms with van der Waals surface area (Å²) in [4.78, 5) is 33.5. The van der Waals surface area contributed by atoms with Gasteiger partial charge in [-0.05, 0) is 43.7 Å². The molecule has 0 fully saturated rings. The number of hydrogen-bond donors (Lipinski definition) is 0. The number of carbonyl (C=O) groups is 3. The Morgan fingerprint density at radius 2 is 1.44 bits per heavy atom. The Balaban J connectivity index is 2.17. The maximum Gasteiger partial charge on any atom is 0.333 e. The minimum Gasteiger partial charge on any atom is -0.486 e. The molecule has 2 rings (SSSR count). The molecule has 0 unspecified atom stereocenters. The third-order valence-electron chi connectivity index (χ3n) is 4.22. The lowest BCUT2D eigenvalue weighted by molar-refractivity contribution is -0.140. The van der Waals surface area contributed by atoms with E-state index >= 15 is 0 Å². The summed E-state index contributed by atoms with van der Waals surface area (Å²) >= 11 is 0. The van der Waals surface area contributed by atoms with Gasteiger partial charge in [0.15, 0.2) is 11.5 Å². The molecule has 0 heterocycles. The lowest BCUT2D eigenvalue weighted by Crippen LogP contribution is -2.14. The van der Waals surface area contributed by atoms with Crippen molar-refractivity contribution in [2.75, 3.05) is 26.4 Å². The minimum absolute atomic E-state index is 0.00191. The van der Waals surface area contributed by atoms with Gasteiger partial charge in [-0.3, -0.25) is 4.79 Å². The van der Waals surface area contributed by atoms with E-state index in [-0.39, 0.29) is 61.1 Å². The van der Waals surface area contributed by atoms with E-state index in [1.54, 1.807) is 18.2 Å². The topological polar surface area (TPSA) is 97.4 Å². The van der Waals surface area contributed by atoms with E-state index in [0.717, 1.165) is 6.07 Å². The third-order valence-corrected chi connectivity index (χ3v) is 4.22. The van der Waals surface area contributed by atoms with Crippen molar-refractivity contribution in [2.45, 2.75) is 13.8 Å². The highest BCUT2D eigenvalue weighted by molar-refractivity contribution is 5.87. The van der Waals surface area contributed by atoms with Crippen molar-refractivity contribution in [3.63, 3.8) is 0 Å². The second-order valence-electron chi connectivity index (χ2n) is 7.05. The molecule has 0 saturated carbocycles. The number of hydrogen-bond acceptors (Lipinski definition) is 8. The fourth-order valence-electron chi connectivity index (χ4n) is 2.58. The van der Waals surface area contributed by atoms with Gasteiger partial charge in [0.1, 0.15) is 38.0 Å². The smallest absolute Gasteiger partial charge is 0.333 e. The van der Waals surface area contributed by atoms with Gasteiger partial charge in [-0.1, -0.05) is 19.2 Å². The van der Waals surface area contributed by atoms with Gasteiger partial charge in [0.25, 0.3) is 6.47 Å². The lowest BCUT2D eigenvalue weighted by Gasteiger charge is -2.15. The van der Waals surface area contributed by atoms with Crippen LogP contribution in [-0.2, 0) is 23.9 Å². The Morgan fingerprint density at radius 1 is 0.853 bits per heavy atom. The summed E-state index contributed by atoms with van der Waals surface area (Å²) in [5.74, 6) is -1.07. The van der Waals surface area contributed by atoms with Crippen LogP contribution in [0.4, 0.5) is 4.39 Å². The molecule has 0 saturated heterocycles. The van der Waals surface area contributed by atoms with E-state index in [9.17, 15) is 18.8 Å². The summed E-state index contributed by atoms with van der Waals surface area (Å²) in [6.45, 7) is 10.2. The first-order valence-electron chi connectivity index (χ1n) is 10.2. The first-order chi connectivity index (χ1) is 16.2. The van der Waals surface area contributed by atoms with E-state index in [1.807, 2.05) is 0 Å². The Bertz CT molecular complexity index is 1080. The van der Waals surface area contributed by atoms with Crippen LogP contribution >= 0.6 is 0 Å². The quantitative estimate of drug-likeness (QED) is 0.187. The van der Waals surface area contributed by atoms with Crippen LogP contribution in [0.2, 0.25) is 0 Å². The number of rotatable bonds is 13. The molecule has 0 radical (unpaired) electrons. The first kappa shape index (κ1) is 26.1. The van der Waals surface area contributed by atoms with E-state index in [0.29, 0.717) is 11.3 Å². The van der Waals surface area contributed by atoms with Crippen molar-refractivity contribution in [3.05, 3.63) is 66.5 Å². The molecule has 34 heavy (non-hydrogen) atoms. The van der Waals surface area contributed by atoms with Gasteiger partial charge in [0.05, 0.1) is 0 Å². The summed E-state index contributed by atoms with van der Waals surface area (Å²) in [6.07, 6.45) is 0. The molecular weight excluding hydrogens is 447 g/mol. The predicted octanol–water partition coefficient (Wildman–Crippen LogP) is 4.02. The summed E-state index contributed by atoms with van der Waals surface area (Å²) < 4.78 is 40.6. The van der Waals surface area contributed by atoms with Crippen LogP contribution in [0.5, 0.6) is 17.2 Å². The average Bonchev–Trinajstić information content (AvgIpc) is 2.80. The van der Waals surface area contributed by atoms with E-state index in [1.165, 1.54) is 26.0 Å². The lowest BCUT2D eigenvalue weighted by atomic mass is 10.0. The van der Waals surface area contributed by atoms with Gasteiger partial charge in [0, 0.05) is 22.8 Å². The summed E-state index contributed by atoms with van der Waals surface area (Å²) in [5.41, 5.74) is 1.22. The van der Waals surface area contributed by atoms with Crippen molar-refractivity contribution < 1.29 is 42.5 Å². The molecule has 0 amide bonds. The Labute approximate surface area is 196 Å². The Kier molecular flexibility index (Phi) is 9.82. The summed E-state index contributed by atoms with van der Waals surface area (Å²) in [7, 11) is 0. The van der Waals surface area contributed by atoms with Crippen LogP contribution in [0.3, 0.4) is 0 Å². The second kappa shape index (κ2) is 12.8. The summed E-state index contributed by atoms with van der Waals surface area (Å²) in [5, 5.41) is 0. The van der Waals surface area contributed by atoms with Crippen molar-refractivity contribution in [2.24, 2.45) is 0 Å². The highest BCUT2D eigenvalue weighted by Crippen LogP contribution is 2.34. The zero-order chi connectivity index (χ0) is 25.1. The largest absolute Gasteiger partial charge is 0.486 e. The summed E-state index contributed by atoms with van der Waals surface area (Å²) in [6, 6.07) is 8.72. The fourth-order valence-corrected chi connectivity index (χ4v) is 2.58. The average molecular weight is 472 g/mol. The van der Waals surface area contributed by atoms with E-state index < -0.39 is 17.8 Å². The van der Waals surface area contributed by atoms with Crippen LogP contribution < -0.4 is 14.2 Å². The minimum atomic E-state index is -0.610. The molecule has 2 aromatic carbocycles. The van der Waals surface area contributed by atoms with Gasteiger partial charge in [-0.15, -0.1) is 0 Å². The molecule has 0 N–H and O–H groups in total. The Morgan fingerprint density at radius 3 is 1.97 bits per heavy atom. The first-order valence-corrected chi connectivity index (χ1v) is 10.2. The predicted molar refractivity (Wildman–Crippen MR) is 121 cm³/mol. The van der Waals surface area contributed by atoms with E-state index in [4.69, 9.17) is 18.9 Å². The molecule has 8 nitrogen and oxygen atoms in total. The van der Waals surface area contributed by atoms with Crippen molar-refractivity contribution in [3.8, 4) is 28.4 Å². The maximum atomic E-state index is 14.6. The van der Waals surface area contributed by atoms with Crippen LogP contribution in [0, 0.1) is 5.82 Å². The number of esters is 2. The molecule has 0 aliphatic rings. The van der Waals surface area contributed by atoms with Crippen LogP contribution in [0.25, 0.3) is 11.1 Å². The molecular formula is C25H25FO8. The zero-order valence-electron chi connectivity index (χ0n) is 18.9. The number of benzene rings is 2. The van der Waals surface area contributed by atoms with Crippen molar-refractivity contribution in [1.82, 2.24) is 0 Å². The normalized spacial score (nSPS) is 10.1. The van der Waals surface area contributed by atoms with Crippen LogP contribution in [0.1, 0.15) is 13.8 Å². The fraction of sp³-hybridized carbons (Fsp3) is 0.240. The molecule has 180 valence electrons. The van der Waals surface area contributed by atoms with E-state index in [2.05, 4.69) is 17.9 Å². The SMILES string of the molecule is C=C(C)C(=O)OCCOc1ccc(-c2ccc(OC=O)cc2F)cc1OCCOC(=O)C(=C)C. The molecule has 2 aromatic rings. The molecule has 0 spiro atoms. The molecule has 0 bridgehead atoms. The van der Waals surface area contributed by atoms with Gasteiger partial charge in [-0.25, -0.2) is 14.0 Å². The van der Waals surface area contributed by atoms with Gasteiger partial charge < -0.3 is 23.7 Å². The van der Waals surface area contributed by atoms with Crippen molar-refractivity contribution >= 4 is 18.4 Å². The molecule has 0 aliphatic heterocycles. The number of ether oxygens (including phenoxy) is 5. The maximum absolute atomic E-state index is 14.6. The van der Waals surface area contributed by atoms with Crippen LogP contribution in [-0.4, -0.2) is 44.8 Å². The third kappa shape index (κ3) is 7.77.